The SMILES string of the molecule is COC(=O)CN1C(=O)N(c2cccc(C(F)(F)F)c2)C(C)=C(C(=O)O)[C@H]1c1ccc(C#N)cc1. The van der Waals surface area contributed by atoms with Crippen LogP contribution >= 0.6 is 0 Å². The minimum Gasteiger partial charge on any atom is -0.478 e. The molecule has 0 saturated carbocycles. The fourth-order valence-corrected chi connectivity index (χ4v) is 3.70. The number of carbonyl (C=O) groups is 3. The summed E-state index contributed by atoms with van der Waals surface area (Å²) in [6.07, 6.45) is -4.70. The van der Waals surface area contributed by atoms with Gasteiger partial charge in [-0.3, -0.25) is 9.69 Å². The normalized spacial score (nSPS) is 16.4. The van der Waals surface area contributed by atoms with Gasteiger partial charge in [0.15, 0.2) is 0 Å². The van der Waals surface area contributed by atoms with Gasteiger partial charge in [0.2, 0.25) is 0 Å². The second-order valence-corrected chi connectivity index (χ2v) is 7.31. The summed E-state index contributed by atoms with van der Waals surface area (Å²) < 4.78 is 44.5. The van der Waals surface area contributed by atoms with Gasteiger partial charge in [0.25, 0.3) is 0 Å². The number of amides is 2. The summed E-state index contributed by atoms with van der Waals surface area (Å²) in [5, 5.41) is 19.1. The highest BCUT2D eigenvalue weighted by molar-refractivity contribution is 6.03. The summed E-state index contributed by atoms with van der Waals surface area (Å²) in [5.41, 5.74) is -1.12. The number of rotatable bonds is 5. The molecular weight excluding hydrogens is 455 g/mol. The van der Waals surface area contributed by atoms with E-state index in [0.29, 0.717) is 0 Å². The fourth-order valence-electron chi connectivity index (χ4n) is 3.70. The fraction of sp³-hybridized carbons (Fsp3) is 0.217. The van der Waals surface area contributed by atoms with Crippen molar-refractivity contribution in [2.24, 2.45) is 0 Å². The monoisotopic (exact) mass is 473 g/mol. The molecule has 1 aliphatic rings. The number of hydrogen-bond donors (Lipinski definition) is 1. The van der Waals surface area contributed by atoms with Gasteiger partial charge in [-0.05, 0) is 42.8 Å². The third kappa shape index (κ3) is 4.56. The first-order valence-corrected chi connectivity index (χ1v) is 9.78. The van der Waals surface area contributed by atoms with Crippen LogP contribution in [0.3, 0.4) is 0 Å². The molecule has 2 aromatic carbocycles. The molecule has 1 aliphatic heterocycles. The van der Waals surface area contributed by atoms with Crippen LogP contribution in [0.2, 0.25) is 0 Å². The molecule has 34 heavy (non-hydrogen) atoms. The lowest BCUT2D eigenvalue weighted by molar-refractivity contribution is -0.142. The summed E-state index contributed by atoms with van der Waals surface area (Å²) in [4.78, 5) is 39.6. The van der Waals surface area contributed by atoms with Crippen molar-refractivity contribution in [1.82, 2.24) is 4.90 Å². The van der Waals surface area contributed by atoms with Gasteiger partial charge < -0.3 is 14.7 Å². The lowest BCUT2D eigenvalue weighted by Crippen LogP contribution is -2.52. The number of benzene rings is 2. The largest absolute Gasteiger partial charge is 0.478 e. The van der Waals surface area contributed by atoms with Crippen LogP contribution in [0.15, 0.2) is 59.8 Å². The molecule has 0 spiro atoms. The number of nitrogens with zero attached hydrogens (tertiary/aromatic N) is 3. The Kier molecular flexibility index (Phi) is 6.63. The number of allylic oxidation sites excluding steroid dienone is 1. The summed E-state index contributed by atoms with van der Waals surface area (Å²) in [6, 6.07) is 9.33. The molecule has 2 aromatic rings. The van der Waals surface area contributed by atoms with Crippen molar-refractivity contribution in [3.63, 3.8) is 0 Å². The predicted molar refractivity (Wildman–Crippen MR) is 112 cm³/mol. The smallest absolute Gasteiger partial charge is 0.416 e. The van der Waals surface area contributed by atoms with Crippen LogP contribution in [0.4, 0.5) is 23.7 Å². The van der Waals surface area contributed by atoms with Crippen molar-refractivity contribution < 1.29 is 37.4 Å². The zero-order valence-corrected chi connectivity index (χ0v) is 18.0. The van der Waals surface area contributed by atoms with E-state index in [0.717, 1.165) is 35.1 Å². The molecule has 1 atom stereocenters. The standard InChI is InChI=1S/C23H18F3N3O5/c1-13-19(21(31)32)20(15-8-6-14(11-27)7-9-15)28(12-18(30)34-2)22(33)29(13)17-5-3-4-16(10-17)23(24,25)26/h3-10,20H,12H2,1-2H3,(H,31,32)/t20-/m1/s1. The zero-order valence-electron chi connectivity index (χ0n) is 18.0. The number of carboxylic acid groups (broad SMARTS) is 1. The number of esters is 1. The number of anilines is 1. The Labute approximate surface area is 192 Å². The highest BCUT2D eigenvalue weighted by Gasteiger charge is 2.43. The molecule has 11 heteroatoms. The van der Waals surface area contributed by atoms with Crippen molar-refractivity contribution in [3.05, 3.63) is 76.5 Å². The molecule has 176 valence electrons. The number of carbonyl (C=O) groups excluding carboxylic acids is 2. The van der Waals surface area contributed by atoms with E-state index in [-0.39, 0.29) is 28.1 Å². The van der Waals surface area contributed by atoms with Gasteiger partial charge in [0.1, 0.15) is 6.54 Å². The summed E-state index contributed by atoms with van der Waals surface area (Å²) in [6.45, 7) is 0.632. The van der Waals surface area contributed by atoms with E-state index in [1.165, 1.54) is 37.3 Å². The first-order valence-electron chi connectivity index (χ1n) is 9.78. The van der Waals surface area contributed by atoms with Crippen molar-refractivity contribution >= 4 is 23.7 Å². The van der Waals surface area contributed by atoms with Gasteiger partial charge in [-0.2, -0.15) is 18.4 Å². The van der Waals surface area contributed by atoms with Crippen LogP contribution in [0, 0.1) is 11.3 Å². The quantitative estimate of drug-likeness (QED) is 0.655. The average Bonchev–Trinajstić information content (AvgIpc) is 2.80. The zero-order chi connectivity index (χ0) is 25.2. The molecule has 0 aromatic heterocycles. The number of ether oxygens (including phenoxy) is 1. The van der Waals surface area contributed by atoms with E-state index in [9.17, 15) is 32.7 Å². The number of urea groups is 1. The van der Waals surface area contributed by atoms with Crippen molar-refractivity contribution in [1.29, 1.82) is 5.26 Å². The van der Waals surface area contributed by atoms with Crippen molar-refractivity contribution in [2.75, 3.05) is 18.6 Å². The third-order valence-corrected chi connectivity index (χ3v) is 5.29. The van der Waals surface area contributed by atoms with Crippen molar-refractivity contribution in [3.8, 4) is 6.07 Å². The number of halogens is 3. The minimum absolute atomic E-state index is 0.118. The predicted octanol–water partition coefficient (Wildman–Crippen LogP) is 4.09. The summed E-state index contributed by atoms with van der Waals surface area (Å²) in [5.74, 6) is -2.30. The van der Waals surface area contributed by atoms with Crippen LogP contribution in [-0.4, -0.2) is 41.6 Å². The maximum absolute atomic E-state index is 13.5. The van der Waals surface area contributed by atoms with E-state index < -0.39 is 42.3 Å². The highest BCUT2D eigenvalue weighted by atomic mass is 19.4. The average molecular weight is 473 g/mol. The first kappa shape index (κ1) is 24.3. The van der Waals surface area contributed by atoms with E-state index in [1.54, 1.807) is 0 Å². The molecule has 3 rings (SSSR count). The van der Waals surface area contributed by atoms with Crippen LogP contribution < -0.4 is 4.90 Å². The van der Waals surface area contributed by atoms with Gasteiger partial charge >= 0.3 is 24.1 Å². The van der Waals surface area contributed by atoms with Gasteiger partial charge in [-0.15, -0.1) is 0 Å². The Morgan fingerprint density at radius 3 is 2.35 bits per heavy atom. The van der Waals surface area contributed by atoms with E-state index >= 15 is 0 Å². The Morgan fingerprint density at radius 2 is 1.82 bits per heavy atom. The Morgan fingerprint density at radius 1 is 1.18 bits per heavy atom. The molecular formula is C23H18F3N3O5. The first-order chi connectivity index (χ1) is 16.0. The van der Waals surface area contributed by atoms with Crippen LogP contribution in [-0.2, 0) is 20.5 Å². The second kappa shape index (κ2) is 9.27. The maximum Gasteiger partial charge on any atom is 0.416 e. The second-order valence-electron chi connectivity index (χ2n) is 7.31. The number of alkyl halides is 3. The van der Waals surface area contributed by atoms with Crippen LogP contribution in [0.1, 0.15) is 29.7 Å². The molecule has 0 aliphatic carbocycles. The molecule has 0 fully saturated rings. The third-order valence-electron chi connectivity index (χ3n) is 5.29. The molecule has 0 radical (unpaired) electrons. The van der Waals surface area contributed by atoms with Gasteiger partial charge in [0, 0.05) is 5.70 Å². The number of hydrogen-bond acceptors (Lipinski definition) is 5. The molecule has 8 nitrogen and oxygen atoms in total. The minimum atomic E-state index is -4.70. The van der Waals surface area contributed by atoms with Gasteiger partial charge in [0.05, 0.1) is 41.6 Å². The highest BCUT2D eigenvalue weighted by Crippen LogP contribution is 2.40. The maximum atomic E-state index is 13.5. The van der Waals surface area contributed by atoms with Gasteiger partial charge in [-0.1, -0.05) is 18.2 Å². The Bertz CT molecular complexity index is 1220. The van der Waals surface area contributed by atoms with Gasteiger partial charge in [-0.25, -0.2) is 9.59 Å². The van der Waals surface area contributed by atoms with Crippen molar-refractivity contribution in [2.45, 2.75) is 19.1 Å². The molecule has 0 saturated heterocycles. The number of carboxylic acids is 1. The molecule has 2 amide bonds. The van der Waals surface area contributed by atoms with Crippen LogP contribution in [0.5, 0.6) is 0 Å². The molecule has 0 unspecified atom stereocenters. The Balaban J connectivity index is 2.25. The molecule has 1 N–H and O–H groups in total. The Hall–Kier alpha value is -4.33. The summed E-state index contributed by atoms with van der Waals surface area (Å²) >= 11 is 0. The molecule has 1 heterocycles. The number of methoxy groups -OCH3 is 1. The van der Waals surface area contributed by atoms with E-state index in [1.807, 2.05) is 6.07 Å². The topological polar surface area (TPSA) is 111 Å². The summed E-state index contributed by atoms with van der Waals surface area (Å²) in [7, 11) is 1.08. The lowest BCUT2D eigenvalue weighted by Gasteiger charge is -2.42. The van der Waals surface area contributed by atoms with Crippen LogP contribution in [0.25, 0.3) is 0 Å². The molecule has 0 bridgehead atoms. The van der Waals surface area contributed by atoms with E-state index in [4.69, 9.17) is 5.26 Å². The lowest BCUT2D eigenvalue weighted by atomic mass is 9.92. The number of aliphatic carboxylic acids is 1. The number of nitriles is 1. The van der Waals surface area contributed by atoms with E-state index in [2.05, 4.69) is 4.74 Å².